The first kappa shape index (κ1) is 26.4. The van der Waals surface area contributed by atoms with E-state index in [1.165, 1.54) is 0 Å². The summed E-state index contributed by atoms with van der Waals surface area (Å²) >= 11 is 0. The van der Waals surface area contributed by atoms with Crippen molar-refractivity contribution in [1.82, 2.24) is 10.2 Å². The van der Waals surface area contributed by atoms with Crippen LogP contribution in [0.3, 0.4) is 0 Å². The van der Waals surface area contributed by atoms with Gasteiger partial charge in [0, 0.05) is 19.4 Å². The first-order valence-electron chi connectivity index (χ1n) is 12.2. The molecular formula is C26H34N2O7. The molecule has 35 heavy (non-hydrogen) atoms. The fourth-order valence-corrected chi connectivity index (χ4v) is 4.24. The van der Waals surface area contributed by atoms with Crippen LogP contribution < -0.4 is 5.32 Å². The van der Waals surface area contributed by atoms with E-state index < -0.39 is 29.8 Å². The van der Waals surface area contributed by atoms with Crippen LogP contribution in [-0.2, 0) is 35.3 Å². The van der Waals surface area contributed by atoms with Crippen molar-refractivity contribution in [2.24, 2.45) is 5.92 Å². The predicted octanol–water partition coefficient (Wildman–Crippen LogP) is 1.88. The number of likely N-dealkylation sites (tertiary alicyclic amines) is 1. The SMILES string of the molecule is O=C1CCCC=CCC(CC(=O)N2CCCC2CO)C(=O)NC(C(=O)OCc2ccccc2)CO1. The molecule has 1 fully saturated rings. The Kier molecular flexibility index (Phi) is 10.3. The van der Waals surface area contributed by atoms with E-state index in [0.29, 0.717) is 25.8 Å². The van der Waals surface area contributed by atoms with Crippen LogP contribution in [0.2, 0.25) is 0 Å². The molecule has 2 aliphatic rings. The number of amides is 2. The van der Waals surface area contributed by atoms with Crippen LogP contribution in [0.25, 0.3) is 0 Å². The molecule has 0 saturated carbocycles. The molecule has 9 nitrogen and oxygen atoms in total. The molecule has 190 valence electrons. The lowest BCUT2D eigenvalue weighted by molar-refractivity contribution is -0.155. The molecule has 0 radical (unpaired) electrons. The van der Waals surface area contributed by atoms with E-state index >= 15 is 0 Å². The third-order valence-electron chi connectivity index (χ3n) is 6.27. The van der Waals surface area contributed by atoms with E-state index in [2.05, 4.69) is 5.32 Å². The monoisotopic (exact) mass is 486 g/mol. The van der Waals surface area contributed by atoms with E-state index in [4.69, 9.17) is 9.47 Å². The van der Waals surface area contributed by atoms with Gasteiger partial charge in [-0.3, -0.25) is 14.4 Å². The molecule has 2 amide bonds. The summed E-state index contributed by atoms with van der Waals surface area (Å²) in [6, 6.07) is 7.70. The Balaban J connectivity index is 1.70. The summed E-state index contributed by atoms with van der Waals surface area (Å²) in [5.41, 5.74) is 0.784. The topological polar surface area (TPSA) is 122 Å². The van der Waals surface area contributed by atoms with Crippen LogP contribution in [0.4, 0.5) is 0 Å². The van der Waals surface area contributed by atoms with Crippen molar-refractivity contribution < 1.29 is 33.8 Å². The number of esters is 2. The lowest BCUT2D eigenvalue weighted by atomic mass is 9.98. The van der Waals surface area contributed by atoms with Gasteiger partial charge in [0.2, 0.25) is 11.8 Å². The Labute approximate surface area is 205 Å². The molecule has 1 aromatic carbocycles. The molecule has 2 aliphatic heterocycles. The van der Waals surface area contributed by atoms with Gasteiger partial charge < -0.3 is 24.8 Å². The highest BCUT2D eigenvalue weighted by Crippen LogP contribution is 2.21. The smallest absolute Gasteiger partial charge is 0.332 e. The molecular weight excluding hydrogens is 452 g/mol. The highest BCUT2D eigenvalue weighted by molar-refractivity contribution is 5.89. The van der Waals surface area contributed by atoms with Crippen LogP contribution in [-0.4, -0.2) is 65.6 Å². The number of aliphatic hydroxyl groups is 1. The van der Waals surface area contributed by atoms with Gasteiger partial charge in [-0.25, -0.2) is 4.79 Å². The van der Waals surface area contributed by atoms with Gasteiger partial charge in [-0.1, -0.05) is 42.5 Å². The quantitative estimate of drug-likeness (QED) is 0.465. The van der Waals surface area contributed by atoms with E-state index in [1.807, 2.05) is 42.5 Å². The fraction of sp³-hybridized carbons (Fsp3) is 0.538. The van der Waals surface area contributed by atoms with Crippen LogP contribution in [0.1, 0.15) is 50.5 Å². The van der Waals surface area contributed by atoms with Crippen LogP contribution >= 0.6 is 0 Å². The Hall–Kier alpha value is -3.20. The third kappa shape index (κ3) is 8.20. The standard InChI is InChI=1S/C26H34N2O7/c29-16-21-12-8-14-28(21)23(30)15-20-11-6-1-2-7-13-24(31)34-18-22(27-25(20)32)26(33)35-17-19-9-4-3-5-10-19/h1,3-6,9-10,20-22,29H,2,7-8,11-18H2,(H,27,32). The number of hydrogen-bond donors (Lipinski definition) is 2. The van der Waals surface area contributed by atoms with Crippen LogP contribution in [0, 0.1) is 5.92 Å². The second-order valence-corrected chi connectivity index (χ2v) is 8.90. The highest BCUT2D eigenvalue weighted by atomic mass is 16.6. The minimum Gasteiger partial charge on any atom is -0.463 e. The molecule has 0 bridgehead atoms. The Morgan fingerprint density at radius 3 is 2.71 bits per heavy atom. The Morgan fingerprint density at radius 1 is 1.14 bits per heavy atom. The lowest BCUT2D eigenvalue weighted by Gasteiger charge is -2.26. The first-order chi connectivity index (χ1) is 17.0. The molecule has 9 heteroatoms. The Morgan fingerprint density at radius 2 is 1.94 bits per heavy atom. The molecule has 2 heterocycles. The predicted molar refractivity (Wildman–Crippen MR) is 127 cm³/mol. The largest absolute Gasteiger partial charge is 0.463 e. The van der Waals surface area contributed by atoms with Gasteiger partial charge in [-0.2, -0.15) is 0 Å². The van der Waals surface area contributed by atoms with Crippen LogP contribution in [0.5, 0.6) is 0 Å². The maximum atomic E-state index is 13.2. The normalized spacial score (nSPS) is 23.9. The number of rotatable bonds is 6. The van der Waals surface area contributed by atoms with E-state index in [0.717, 1.165) is 18.4 Å². The summed E-state index contributed by atoms with van der Waals surface area (Å²) in [6.07, 6.45) is 6.95. The number of nitrogens with zero attached hydrogens (tertiary/aromatic N) is 1. The maximum Gasteiger partial charge on any atom is 0.332 e. The molecule has 3 atom stereocenters. The number of carbonyl (C=O) groups is 4. The van der Waals surface area contributed by atoms with Gasteiger partial charge in [0.1, 0.15) is 13.2 Å². The molecule has 0 aromatic heterocycles. The highest BCUT2D eigenvalue weighted by Gasteiger charge is 2.33. The Bertz CT molecular complexity index is 902. The number of ether oxygens (including phenoxy) is 2. The van der Waals surface area contributed by atoms with E-state index in [-0.39, 0.29) is 44.6 Å². The molecule has 0 aliphatic carbocycles. The number of allylic oxidation sites excluding steroid dienone is 2. The van der Waals surface area contributed by atoms with Gasteiger partial charge in [-0.15, -0.1) is 0 Å². The average Bonchev–Trinajstić information content (AvgIpc) is 3.35. The van der Waals surface area contributed by atoms with E-state index in [1.54, 1.807) is 4.90 Å². The number of carbonyl (C=O) groups excluding carboxylic acids is 4. The van der Waals surface area contributed by atoms with Gasteiger partial charge in [0.05, 0.1) is 18.6 Å². The van der Waals surface area contributed by atoms with Gasteiger partial charge in [0.15, 0.2) is 6.04 Å². The van der Waals surface area contributed by atoms with Crippen molar-refractivity contribution in [3.05, 3.63) is 48.0 Å². The molecule has 2 N–H and O–H groups in total. The second kappa shape index (κ2) is 13.6. The van der Waals surface area contributed by atoms with Gasteiger partial charge in [-0.05, 0) is 37.7 Å². The number of nitrogens with one attached hydrogen (secondary N) is 1. The molecule has 3 unspecified atom stereocenters. The maximum absolute atomic E-state index is 13.2. The van der Waals surface area contributed by atoms with Crippen molar-refractivity contribution in [1.29, 1.82) is 0 Å². The number of cyclic esters (lactones) is 1. The summed E-state index contributed by atoms with van der Waals surface area (Å²) in [5.74, 6) is -2.57. The van der Waals surface area contributed by atoms with Gasteiger partial charge >= 0.3 is 11.9 Å². The molecule has 1 aromatic rings. The molecule has 0 spiro atoms. The third-order valence-corrected chi connectivity index (χ3v) is 6.27. The lowest BCUT2D eigenvalue weighted by Crippen LogP contribution is -2.48. The zero-order valence-corrected chi connectivity index (χ0v) is 19.9. The first-order valence-corrected chi connectivity index (χ1v) is 12.2. The minimum absolute atomic E-state index is 0.0160. The second-order valence-electron chi connectivity index (χ2n) is 8.90. The summed E-state index contributed by atoms with van der Waals surface area (Å²) < 4.78 is 10.6. The van der Waals surface area contributed by atoms with Crippen molar-refractivity contribution >= 4 is 23.8 Å². The summed E-state index contributed by atoms with van der Waals surface area (Å²) in [6.45, 7) is 0.120. The molecule has 3 rings (SSSR count). The summed E-state index contributed by atoms with van der Waals surface area (Å²) in [4.78, 5) is 52.6. The fourth-order valence-electron chi connectivity index (χ4n) is 4.24. The van der Waals surface area contributed by atoms with E-state index in [9.17, 15) is 24.3 Å². The minimum atomic E-state index is -1.19. The van der Waals surface area contributed by atoms with Crippen molar-refractivity contribution in [2.75, 3.05) is 19.8 Å². The van der Waals surface area contributed by atoms with Crippen molar-refractivity contribution in [3.63, 3.8) is 0 Å². The number of benzene rings is 1. The summed E-state index contributed by atoms with van der Waals surface area (Å²) in [5, 5.41) is 12.2. The van der Waals surface area contributed by atoms with Crippen LogP contribution in [0.15, 0.2) is 42.5 Å². The average molecular weight is 487 g/mol. The molecule has 1 saturated heterocycles. The van der Waals surface area contributed by atoms with Crippen molar-refractivity contribution in [3.8, 4) is 0 Å². The number of hydrogen-bond acceptors (Lipinski definition) is 7. The zero-order valence-electron chi connectivity index (χ0n) is 19.9. The number of aliphatic hydroxyl groups excluding tert-OH is 1. The summed E-state index contributed by atoms with van der Waals surface area (Å²) in [7, 11) is 0. The zero-order chi connectivity index (χ0) is 25.0. The van der Waals surface area contributed by atoms with Gasteiger partial charge in [0.25, 0.3) is 0 Å². The van der Waals surface area contributed by atoms with Crippen molar-refractivity contribution in [2.45, 2.75) is 63.6 Å².